The van der Waals surface area contributed by atoms with Crippen molar-refractivity contribution in [1.82, 2.24) is 15.1 Å². The summed E-state index contributed by atoms with van der Waals surface area (Å²) in [7, 11) is 1.74. The van der Waals surface area contributed by atoms with Gasteiger partial charge in [0.05, 0.1) is 6.10 Å². The minimum atomic E-state index is -0.899. The van der Waals surface area contributed by atoms with Crippen molar-refractivity contribution < 1.29 is 9.50 Å². The monoisotopic (exact) mass is 332 g/mol. The van der Waals surface area contributed by atoms with Crippen LogP contribution in [0, 0.1) is 5.82 Å². The van der Waals surface area contributed by atoms with Crippen LogP contribution in [0.5, 0.6) is 0 Å². The maximum atomic E-state index is 13.7. The lowest BCUT2D eigenvalue weighted by atomic mass is 10.1. The molecule has 2 aliphatic heterocycles. The Balaban J connectivity index is 1.53. The molecule has 0 amide bonds. The molecule has 3 rings (SSSR count). The number of guanidine groups is 1. The van der Waals surface area contributed by atoms with E-state index < -0.39 is 6.10 Å². The maximum absolute atomic E-state index is 13.7. The van der Waals surface area contributed by atoms with Crippen LogP contribution in [0.3, 0.4) is 0 Å². The molecule has 2 aliphatic rings. The lowest BCUT2D eigenvalue weighted by Gasteiger charge is -2.26. The van der Waals surface area contributed by atoms with E-state index in [1.807, 2.05) is 0 Å². The number of hydrogen-bond donors (Lipinski definition) is 2. The highest BCUT2D eigenvalue weighted by atomic mass is 19.1. The van der Waals surface area contributed by atoms with Gasteiger partial charge in [0.25, 0.3) is 0 Å². The third kappa shape index (κ3) is 3.76. The van der Waals surface area contributed by atoms with Crippen LogP contribution in [-0.2, 0) is 0 Å². The van der Waals surface area contributed by atoms with E-state index in [1.165, 1.54) is 6.07 Å². The number of aliphatic imine (C=N–C) groups is 1. The Labute approximate surface area is 142 Å². The number of likely N-dealkylation sites (tertiary alicyclic amines) is 1. The Morgan fingerprint density at radius 1 is 1.38 bits per heavy atom. The van der Waals surface area contributed by atoms with Gasteiger partial charge in [0, 0.05) is 51.4 Å². The second-order valence-corrected chi connectivity index (χ2v) is 6.28. The largest absolute Gasteiger partial charge is 0.386 e. The molecule has 0 bridgehead atoms. The lowest BCUT2D eigenvalue weighted by Crippen LogP contribution is -2.44. The van der Waals surface area contributed by atoms with Gasteiger partial charge >= 0.3 is 0 Å². The average molecular weight is 332 g/mol. The topological polar surface area (TPSA) is 51.1 Å². The first-order valence-corrected chi connectivity index (χ1v) is 8.46. The zero-order valence-corrected chi connectivity index (χ0v) is 14.0. The predicted octanol–water partition coefficient (Wildman–Crippen LogP) is 1.38. The highest BCUT2D eigenvalue weighted by Crippen LogP contribution is 2.19. The summed E-state index contributed by atoms with van der Waals surface area (Å²) in [4.78, 5) is 8.98. The first-order chi connectivity index (χ1) is 11.7. The standard InChI is InChI=1S/C18H25FN4O/c1-20-18(21-12-17(24)15-6-2-3-7-16(15)19)23-11-8-14(13-23)22-9-4-5-10-22/h2-7,14,17,24H,8-13H2,1H3,(H,20,21). The van der Waals surface area contributed by atoms with Crippen molar-refractivity contribution in [3.8, 4) is 0 Å². The van der Waals surface area contributed by atoms with Crippen LogP contribution in [0.15, 0.2) is 41.4 Å². The molecular formula is C18H25FN4O. The highest BCUT2D eigenvalue weighted by Gasteiger charge is 2.29. The zero-order valence-electron chi connectivity index (χ0n) is 14.0. The van der Waals surface area contributed by atoms with Gasteiger partial charge in [-0.1, -0.05) is 30.4 Å². The van der Waals surface area contributed by atoms with Crippen molar-refractivity contribution in [1.29, 1.82) is 0 Å². The SMILES string of the molecule is CN=C(NCC(O)c1ccccc1F)N1CCC(N2CC=CC2)C1. The lowest BCUT2D eigenvalue weighted by molar-refractivity contribution is 0.175. The van der Waals surface area contributed by atoms with Crippen molar-refractivity contribution in [2.75, 3.05) is 39.8 Å². The summed E-state index contributed by atoms with van der Waals surface area (Å²) in [6.07, 6.45) is 4.63. The number of hydrogen-bond acceptors (Lipinski definition) is 3. The fourth-order valence-electron chi connectivity index (χ4n) is 3.40. The number of benzene rings is 1. The highest BCUT2D eigenvalue weighted by molar-refractivity contribution is 5.80. The van der Waals surface area contributed by atoms with Crippen LogP contribution in [0.1, 0.15) is 18.1 Å². The smallest absolute Gasteiger partial charge is 0.193 e. The maximum Gasteiger partial charge on any atom is 0.193 e. The molecule has 2 unspecified atom stereocenters. The Hall–Kier alpha value is -1.92. The van der Waals surface area contributed by atoms with Gasteiger partial charge in [-0.05, 0) is 12.5 Å². The molecule has 1 aromatic carbocycles. The minimum Gasteiger partial charge on any atom is -0.386 e. The first kappa shape index (κ1) is 16.9. The van der Waals surface area contributed by atoms with Gasteiger partial charge in [0.15, 0.2) is 5.96 Å². The Bertz CT molecular complexity index is 611. The number of halogens is 1. The molecule has 0 aliphatic carbocycles. The quantitative estimate of drug-likeness (QED) is 0.497. The van der Waals surface area contributed by atoms with Crippen molar-refractivity contribution in [3.63, 3.8) is 0 Å². The summed E-state index contributed by atoms with van der Waals surface area (Å²) in [6, 6.07) is 6.86. The van der Waals surface area contributed by atoms with Crippen molar-refractivity contribution in [2.24, 2.45) is 4.99 Å². The van der Waals surface area contributed by atoms with Crippen molar-refractivity contribution in [3.05, 3.63) is 47.8 Å². The van der Waals surface area contributed by atoms with E-state index in [0.717, 1.165) is 38.6 Å². The third-order valence-electron chi connectivity index (χ3n) is 4.76. The fourth-order valence-corrected chi connectivity index (χ4v) is 3.40. The number of aliphatic hydroxyl groups is 1. The molecule has 1 saturated heterocycles. The molecule has 2 N–H and O–H groups in total. The van der Waals surface area contributed by atoms with Gasteiger partial charge < -0.3 is 15.3 Å². The summed E-state index contributed by atoms with van der Waals surface area (Å²) in [6.45, 7) is 4.15. The van der Waals surface area contributed by atoms with E-state index in [0.29, 0.717) is 11.6 Å². The van der Waals surface area contributed by atoms with E-state index in [9.17, 15) is 9.50 Å². The van der Waals surface area contributed by atoms with Gasteiger partial charge in [-0.25, -0.2) is 4.39 Å². The number of rotatable bonds is 4. The molecule has 1 aromatic rings. The molecule has 0 saturated carbocycles. The molecule has 5 nitrogen and oxygen atoms in total. The van der Waals surface area contributed by atoms with E-state index >= 15 is 0 Å². The summed E-state index contributed by atoms with van der Waals surface area (Å²) in [5.41, 5.74) is 0.308. The average Bonchev–Trinajstić information content (AvgIpc) is 3.27. The van der Waals surface area contributed by atoms with Gasteiger partial charge in [-0.2, -0.15) is 0 Å². The van der Waals surface area contributed by atoms with E-state index in [2.05, 4.69) is 32.3 Å². The molecule has 0 radical (unpaired) electrons. The summed E-state index contributed by atoms with van der Waals surface area (Å²) in [5, 5.41) is 13.4. The Morgan fingerprint density at radius 2 is 2.12 bits per heavy atom. The molecule has 0 spiro atoms. The van der Waals surface area contributed by atoms with Crippen LogP contribution in [0.2, 0.25) is 0 Å². The van der Waals surface area contributed by atoms with Crippen LogP contribution < -0.4 is 5.32 Å². The van der Waals surface area contributed by atoms with Gasteiger partial charge in [0.1, 0.15) is 5.82 Å². The van der Waals surface area contributed by atoms with Crippen LogP contribution >= 0.6 is 0 Å². The van der Waals surface area contributed by atoms with Gasteiger partial charge in [-0.15, -0.1) is 0 Å². The van der Waals surface area contributed by atoms with E-state index in [-0.39, 0.29) is 12.4 Å². The van der Waals surface area contributed by atoms with Crippen LogP contribution in [0.25, 0.3) is 0 Å². The summed E-state index contributed by atoms with van der Waals surface area (Å²) in [5.74, 6) is 0.379. The molecule has 2 heterocycles. The predicted molar refractivity (Wildman–Crippen MR) is 93.4 cm³/mol. The molecule has 130 valence electrons. The molecule has 2 atom stereocenters. The normalized spacial score (nSPS) is 23.0. The molecule has 24 heavy (non-hydrogen) atoms. The van der Waals surface area contributed by atoms with Crippen LogP contribution in [-0.4, -0.2) is 66.7 Å². The van der Waals surface area contributed by atoms with Gasteiger partial charge in [-0.3, -0.25) is 9.89 Å². The minimum absolute atomic E-state index is 0.236. The molecule has 6 heteroatoms. The zero-order chi connectivity index (χ0) is 16.9. The third-order valence-corrected chi connectivity index (χ3v) is 4.76. The Morgan fingerprint density at radius 3 is 2.83 bits per heavy atom. The van der Waals surface area contributed by atoms with E-state index in [4.69, 9.17) is 0 Å². The van der Waals surface area contributed by atoms with E-state index in [1.54, 1.807) is 25.2 Å². The van der Waals surface area contributed by atoms with Gasteiger partial charge in [0.2, 0.25) is 0 Å². The number of nitrogens with zero attached hydrogens (tertiary/aromatic N) is 3. The Kier molecular flexibility index (Phi) is 5.48. The summed E-state index contributed by atoms with van der Waals surface area (Å²) >= 11 is 0. The van der Waals surface area contributed by atoms with Crippen molar-refractivity contribution in [2.45, 2.75) is 18.6 Å². The first-order valence-electron chi connectivity index (χ1n) is 8.46. The molecule has 0 aromatic heterocycles. The molecular weight excluding hydrogens is 307 g/mol. The number of nitrogens with one attached hydrogen (secondary N) is 1. The molecule has 1 fully saturated rings. The fraction of sp³-hybridized carbons (Fsp3) is 0.500. The van der Waals surface area contributed by atoms with Crippen molar-refractivity contribution >= 4 is 5.96 Å². The van der Waals surface area contributed by atoms with Crippen LogP contribution in [0.4, 0.5) is 4.39 Å². The summed E-state index contributed by atoms with van der Waals surface area (Å²) < 4.78 is 13.7. The number of aliphatic hydroxyl groups excluding tert-OH is 1. The second-order valence-electron chi connectivity index (χ2n) is 6.28. The second kappa shape index (κ2) is 7.77.